The molecule has 3 aromatic rings. The first kappa shape index (κ1) is 22.7. The molecule has 3 heterocycles. The van der Waals surface area contributed by atoms with E-state index in [0.29, 0.717) is 33.1 Å². The first-order valence-corrected chi connectivity index (χ1v) is 11.8. The molecule has 2 aliphatic rings. The Morgan fingerprint density at radius 1 is 1.12 bits per heavy atom. The SMILES string of the molecule is Cc1cc(Nc2ncc3c(n2)N(C)CN(c2c(Cl)cccc2Cl)C3=O)ccc1C1=CCNCC1. The third-order valence-electron chi connectivity index (χ3n) is 6.06. The van der Waals surface area contributed by atoms with Crippen molar-refractivity contribution >= 4 is 57.8 Å². The number of rotatable bonds is 4. The fourth-order valence-electron chi connectivity index (χ4n) is 4.38. The molecule has 0 aliphatic carbocycles. The van der Waals surface area contributed by atoms with Crippen molar-refractivity contribution in [3.63, 3.8) is 0 Å². The number of benzene rings is 2. The number of amides is 1. The maximum Gasteiger partial charge on any atom is 0.265 e. The summed E-state index contributed by atoms with van der Waals surface area (Å²) in [5.74, 6) is 0.732. The van der Waals surface area contributed by atoms with Crippen LogP contribution in [0.1, 0.15) is 27.9 Å². The number of aryl methyl sites for hydroxylation is 1. The molecular formula is C25H24Cl2N6O. The lowest BCUT2D eigenvalue weighted by Crippen LogP contribution is -2.46. The Kier molecular flexibility index (Phi) is 6.16. The van der Waals surface area contributed by atoms with E-state index in [9.17, 15) is 4.79 Å². The minimum absolute atomic E-state index is 0.245. The van der Waals surface area contributed by atoms with E-state index in [4.69, 9.17) is 23.2 Å². The number of aromatic nitrogens is 2. The lowest BCUT2D eigenvalue weighted by Gasteiger charge is -2.35. The lowest BCUT2D eigenvalue weighted by atomic mass is 9.96. The van der Waals surface area contributed by atoms with Crippen molar-refractivity contribution in [2.24, 2.45) is 0 Å². The molecule has 1 amide bonds. The van der Waals surface area contributed by atoms with Gasteiger partial charge in [0.1, 0.15) is 11.4 Å². The molecule has 2 N–H and O–H groups in total. The number of halogens is 2. The molecule has 0 unspecified atom stereocenters. The van der Waals surface area contributed by atoms with Crippen LogP contribution in [-0.4, -0.2) is 42.7 Å². The molecule has 0 bridgehead atoms. The Morgan fingerprint density at radius 3 is 2.62 bits per heavy atom. The third kappa shape index (κ3) is 4.22. The molecule has 0 saturated heterocycles. The van der Waals surface area contributed by atoms with Gasteiger partial charge < -0.3 is 15.5 Å². The molecule has 34 heavy (non-hydrogen) atoms. The number of carbonyl (C=O) groups excluding carboxylic acids is 1. The highest BCUT2D eigenvalue weighted by atomic mass is 35.5. The highest BCUT2D eigenvalue weighted by Crippen LogP contribution is 2.37. The van der Waals surface area contributed by atoms with Crippen molar-refractivity contribution < 1.29 is 4.79 Å². The van der Waals surface area contributed by atoms with Crippen LogP contribution in [0, 0.1) is 6.92 Å². The maximum absolute atomic E-state index is 13.2. The quantitative estimate of drug-likeness (QED) is 0.514. The zero-order chi connectivity index (χ0) is 23.8. The fourth-order valence-corrected chi connectivity index (χ4v) is 4.98. The molecule has 7 nitrogen and oxygen atoms in total. The van der Waals surface area contributed by atoms with Gasteiger partial charge in [0.2, 0.25) is 5.95 Å². The first-order valence-electron chi connectivity index (χ1n) is 11.0. The highest BCUT2D eigenvalue weighted by molar-refractivity contribution is 6.40. The monoisotopic (exact) mass is 494 g/mol. The molecule has 1 aromatic heterocycles. The Hall–Kier alpha value is -3.13. The summed E-state index contributed by atoms with van der Waals surface area (Å²) in [5, 5.41) is 7.45. The lowest BCUT2D eigenvalue weighted by molar-refractivity contribution is 0.0982. The number of fused-ring (bicyclic) bond motifs is 1. The molecule has 0 spiro atoms. The Labute approximate surface area is 208 Å². The second-order valence-electron chi connectivity index (χ2n) is 8.41. The van der Waals surface area contributed by atoms with Gasteiger partial charge in [-0.3, -0.25) is 9.69 Å². The zero-order valence-corrected chi connectivity index (χ0v) is 20.4. The number of anilines is 4. The number of hydrogen-bond donors (Lipinski definition) is 2. The number of para-hydroxylation sites is 1. The van der Waals surface area contributed by atoms with Crippen LogP contribution in [-0.2, 0) is 0 Å². The first-order chi connectivity index (χ1) is 16.4. The predicted octanol–water partition coefficient (Wildman–Crippen LogP) is 5.27. The van der Waals surface area contributed by atoms with Crippen LogP contribution in [0.15, 0.2) is 48.7 Å². The van der Waals surface area contributed by atoms with Crippen LogP contribution in [0.3, 0.4) is 0 Å². The van der Waals surface area contributed by atoms with Gasteiger partial charge in [-0.1, -0.05) is 41.4 Å². The summed E-state index contributed by atoms with van der Waals surface area (Å²) in [6.07, 6.45) is 4.82. The average Bonchev–Trinajstić information content (AvgIpc) is 2.83. The minimum atomic E-state index is -0.245. The number of nitrogens with zero attached hydrogens (tertiary/aromatic N) is 4. The summed E-state index contributed by atoms with van der Waals surface area (Å²) in [7, 11) is 1.87. The third-order valence-corrected chi connectivity index (χ3v) is 6.67. The van der Waals surface area contributed by atoms with Crippen LogP contribution >= 0.6 is 23.2 Å². The van der Waals surface area contributed by atoms with Gasteiger partial charge in [0.15, 0.2) is 0 Å². The van der Waals surface area contributed by atoms with Crippen molar-refractivity contribution in [3.05, 3.63) is 75.4 Å². The molecule has 0 atom stereocenters. The number of nitrogens with one attached hydrogen (secondary N) is 2. The average molecular weight is 495 g/mol. The topological polar surface area (TPSA) is 73.4 Å². The maximum atomic E-state index is 13.2. The normalized spacial score (nSPS) is 15.8. The smallest absolute Gasteiger partial charge is 0.265 e. The van der Waals surface area contributed by atoms with Crippen LogP contribution in [0.5, 0.6) is 0 Å². The zero-order valence-electron chi connectivity index (χ0n) is 18.9. The second kappa shape index (κ2) is 9.25. The molecule has 2 aromatic carbocycles. The molecule has 9 heteroatoms. The fraction of sp³-hybridized carbons (Fsp3) is 0.240. The summed E-state index contributed by atoms with van der Waals surface area (Å²) in [6, 6.07) is 11.4. The molecular weight excluding hydrogens is 471 g/mol. The van der Waals surface area contributed by atoms with E-state index in [-0.39, 0.29) is 12.6 Å². The van der Waals surface area contributed by atoms with Crippen molar-refractivity contribution in [3.8, 4) is 0 Å². The van der Waals surface area contributed by atoms with Crippen molar-refractivity contribution in [1.29, 1.82) is 0 Å². The molecule has 0 radical (unpaired) electrons. The summed E-state index contributed by atoms with van der Waals surface area (Å²) < 4.78 is 0. The van der Waals surface area contributed by atoms with E-state index in [1.54, 1.807) is 29.3 Å². The van der Waals surface area contributed by atoms with Gasteiger partial charge in [-0.25, -0.2) is 4.98 Å². The summed E-state index contributed by atoms with van der Waals surface area (Å²) in [4.78, 5) is 25.7. The van der Waals surface area contributed by atoms with E-state index in [0.717, 1.165) is 25.2 Å². The van der Waals surface area contributed by atoms with E-state index < -0.39 is 0 Å². The van der Waals surface area contributed by atoms with Crippen LogP contribution < -0.4 is 20.4 Å². The summed E-state index contributed by atoms with van der Waals surface area (Å²) >= 11 is 12.7. The second-order valence-corrected chi connectivity index (χ2v) is 9.23. The largest absolute Gasteiger partial charge is 0.341 e. The predicted molar refractivity (Wildman–Crippen MR) is 138 cm³/mol. The Morgan fingerprint density at radius 2 is 1.91 bits per heavy atom. The van der Waals surface area contributed by atoms with Gasteiger partial charge in [-0.05, 0) is 60.9 Å². The molecule has 5 rings (SSSR count). The Balaban J connectivity index is 1.40. The van der Waals surface area contributed by atoms with Crippen LogP contribution in [0.2, 0.25) is 10.0 Å². The molecule has 174 valence electrons. The highest BCUT2D eigenvalue weighted by Gasteiger charge is 2.32. The van der Waals surface area contributed by atoms with Gasteiger partial charge >= 0.3 is 0 Å². The van der Waals surface area contributed by atoms with Gasteiger partial charge in [0.05, 0.1) is 22.4 Å². The summed E-state index contributed by atoms with van der Waals surface area (Å²) in [5.41, 5.74) is 5.59. The van der Waals surface area contributed by atoms with Gasteiger partial charge in [-0.15, -0.1) is 0 Å². The standard InChI is InChI=1S/C25H24Cl2N6O/c1-15-12-17(6-7-18(15)16-8-10-28-11-9-16)30-25-29-13-19-23(31-25)32(2)14-33(24(19)34)22-20(26)4-3-5-21(22)27/h3-8,12-13,28H,9-11,14H2,1-2H3,(H,29,30,31). The molecule has 0 fully saturated rings. The number of hydrogen-bond acceptors (Lipinski definition) is 6. The molecule has 0 saturated carbocycles. The van der Waals surface area contributed by atoms with Crippen molar-refractivity contribution in [2.45, 2.75) is 13.3 Å². The van der Waals surface area contributed by atoms with Crippen molar-refractivity contribution in [2.75, 3.05) is 41.9 Å². The van der Waals surface area contributed by atoms with Gasteiger partial charge in [0, 0.05) is 25.5 Å². The minimum Gasteiger partial charge on any atom is -0.341 e. The number of carbonyl (C=O) groups is 1. The summed E-state index contributed by atoms with van der Waals surface area (Å²) in [6.45, 7) is 4.28. The van der Waals surface area contributed by atoms with Gasteiger partial charge in [-0.2, -0.15) is 4.98 Å². The van der Waals surface area contributed by atoms with E-state index in [2.05, 4.69) is 45.7 Å². The van der Waals surface area contributed by atoms with E-state index in [1.807, 2.05) is 18.0 Å². The van der Waals surface area contributed by atoms with Crippen LogP contribution in [0.4, 0.5) is 23.1 Å². The van der Waals surface area contributed by atoms with E-state index in [1.165, 1.54) is 16.7 Å². The Bertz CT molecular complexity index is 1290. The van der Waals surface area contributed by atoms with Gasteiger partial charge in [0.25, 0.3) is 5.91 Å². The van der Waals surface area contributed by atoms with E-state index >= 15 is 0 Å². The molecule has 2 aliphatic heterocycles. The van der Waals surface area contributed by atoms with Crippen molar-refractivity contribution in [1.82, 2.24) is 15.3 Å². The van der Waals surface area contributed by atoms with Crippen LogP contribution in [0.25, 0.3) is 5.57 Å².